The smallest absolute Gasteiger partial charge is 0.161 e. The van der Waals surface area contributed by atoms with E-state index in [0.717, 1.165) is 37.2 Å². The fourth-order valence-electron chi connectivity index (χ4n) is 2.11. The molecule has 3 nitrogen and oxygen atoms in total. The van der Waals surface area contributed by atoms with Crippen molar-refractivity contribution in [3.8, 4) is 11.5 Å². The molecular formula is C14H20O3. The van der Waals surface area contributed by atoms with Gasteiger partial charge in [-0.15, -0.1) is 0 Å². The van der Waals surface area contributed by atoms with Gasteiger partial charge in [-0.3, -0.25) is 0 Å². The standard InChI is InChI=1S/C14H20O3/c1-11-9-13-14(17-8-7-16-13)10-12(11)5-3-2-4-6-15/h9-10,15H,2-8H2,1H3. The summed E-state index contributed by atoms with van der Waals surface area (Å²) in [4.78, 5) is 0. The molecule has 17 heavy (non-hydrogen) atoms. The van der Waals surface area contributed by atoms with Crippen LogP contribution in [-0.4, -0.2) is 24.9 Å². The summed E-state index contributed by atoms with van der Waals surface area (Å²) in [6.45, 7) is 3.68. The first-order valence-corrected chi connectivity index (χ1v) is 6.31. The van der Waals surface area contributed by atoms with Crippen LogP contribution in [0.25, 0.3) is 0 Å². The normalized spacial score (nSPS) is 13.8. The van der Waals surface area contributed by atoms with Gasteiger partial charge in [-0.2, -0.15) is 0 Å². The molecule has 3 heteroatoms. The summed E-state index contributed by atoms with van der Waals surface area (Å²) < 4.78 is 11.1. The van der Waals surface area contributed by atoms with E-state index in [9.17, 15) is 0 Å². The largest absolute Gasteiger partial charge is 0.486 e. The Morgan fingerprint density at radius 1 is 1.06 bits per heavy atom. The zero-order valence-corrected chi connectivity index (χ0v) is 10.4. The highest BCUT2D eigenvalue weighted by Crippen LogP contribution is 2.33. The van der Waals surface area contributed by atoms with Gasteiger partial charge in [0, 0.05) is 6.61 Å². The number of unbranched alkanes of at least 4 members (excludes halogenated alkanes) is 2. The Hall–Kier alpha value is -1.22. The van der Waals surface area contributed by atoms with Gasteiger partial charge in [0.25, 0.3) is 0 Å². The predicted octanol–water partition coefficient (Wildman–Crippen LogP) is 2.47. The molecule has 0 bridgehead atoms. The number of aliphatic hydroxyl groups excluding tert-OH is 1. The molecule has 0 aliphatic carbocycles. The summed E-state index contributed by atoms with van der Waals surface area (Å²) in [5.74, 6) is 1.74. The van der Waals surface area contributed by atoms with E-state index in [4.69, 9.17) is 14.6 Å². The van der Waals surface area contributed by atoms with Gasteiger partial charge in [-0.05, 0) is 49.4 Å². The average molecular weight is 236 g/mol. The predicted molar refractivity (Wildman–Crippen MR) is 66.8 cm³/mol. The molecule has 94 valence electrons. The zero-order valence-electron chi connectivity index (χ0n) is 10.4. The second kappa shape index (κ2) is 5.92. The summed E-state index contributed by atoms with van der Waals surface area (Å²) in [6.07, 6.45) is 4.12. The van der Waals surface area contributed by atoms with Crippen molar-refractivity contribution in [2.24, 2.45) is 0 Å². The summed E-state index contributed by atoms with van der Waals surface area (Å²) in [5, 5.41) is 8.74. The number of fused-ring (bicyclic) bond motifs is 1. The van der Waals surface area contributed by atoms with Gasteiger partial charge in [-0.25, -0.2) is 0 Å². The molecule has 1 aromatic carbocycles. The molecule has 2 rings (SSSR count). The maximum atomic E-state index is 8.74. The number of rotatable bonds is 5. The van der Waals surface area contributed by atoms with Gasteiger partial charge in [0.1, 0.15) is 13.2 Å². The molecule has 0 amide bonds. The first kappa shape index (κ1) is 12.2. The number of ether oxygens (including phenoxy) is 2. The van der Waals surface area contributed by atoms with Crippen LogP contribution in [-0.2, 0) is 6.42 Å². The van der Waals surface area contributed by atoms with E-state index in [-0.39, 0.29) is 0 Å². The number of aryl methyl sites for hydroxylation is 2. The first-order chi connectivity index (χ1) is 8.31. The highest BCUT2D eigenvalue weighted by atomic mass is 16.6. The maximum absolute atomic E-state index is 8.74. The topological polar surface area (TPSA) is 38.7 Å². The lowest BCUT2D eigenvalue weighted by Gasteiger charge is -2.20. The molecule has 0 saturated heterocycles. The number of benzene rings is 1. The minimum Gasteiger partial charge on any atom is -0.486 e. The lowest BCUT2D eigenvalue weighted by atomic mass is 10.0. The molecule has 1 aliphatic rings. The molecule has 0 aromatic heterocycles. The van der Waals surface area contributed by atoms with Gasteiger partial charge in [0.05, 0.1) is 0 Å². The van der Waals surface area contributed by atoms with Gasteiger partial charge < -0.3 is 14.6 Å². The Morgan fingerprint density at radius 3 is 2.47 bits per heavy atom. The number of hydrogen-bond donors (Lipinski definition) is 1. The lowest BCUT2D eigenvalue weighted by molar-refractivity contribution is 0.171. The van der Waals surface area contributed by atoms with Crippen molar-refractivity contribution in [3.05, 3.63) is 23.3 Å². The van der Waals surface area contributed by atoms with Gasteiger partial charge in [0.2, 0.25) is 0 Å². The van der Waals surface area contributed by atoms with Crippen molar-refractivity contribution >= 4 is 0 Å². The minimum atomic E-state index is 0.292. The van der Waals surface area contributed by atoms with E-state index in [1.165, 1.54) is 11.1 Å². The van der Waals surface area contributed by atoms with Crippen LogP contribution in [0.2, 0.25) is 0 Å². The second-order valence-electron chi connectivity index (χ2n) is 4.46. The molecule has 0 atom stereocenters. The van der Waals surface area contributed by atoms with Crippen LogP contribution in [0, 0.1) is 6.92 Å². The van der Waals surface area contributed by atoms with Crippen molar-refractivity contribution in [1.82, 2.24) is 0 Å². The number of hydrogen-bond acceptors (Lipinski definition) is 3. The van der Waals surface area contributed by atoms with Gasteiger partial charge >= 0.3 is 0 Å². The van der Waals surface area contributed by atoms with Crippen molar-refractivity contribution < 1.29 is 14.6 Å². The highest BCUT2D eigenvalue weighted by molar-refractivity contribution is 5.47. The molecule has 1 aliphatic heterocycles. The van der Waals surface area contributed by atoms with E-state index >= 15 is 0 Å². The Morgan fingerprint density at radius 2 is 1.76 bits per heavy atom. The van der Waals surface area contributed by atoms with Crippen molar-refractivity contribution in [2.45, 2.75) is 32.6 Å². The molecule has 0 unspecified atom stereocenters. The van der Waals surface area contributed by atoms with E-state index in [1.54, 1.807) is 0 Å². The van der Waals surface area contributed by atoms with Crippen LogP contribution >= 0.6 is 0 Å². The van der Waals surface area contributed by atoms with Crippen LogP contribution in [0.15, 0.2) is 12.1 Å². The summed E-state index contributed by atoms with van der Waals surface area (Å²) in [5.41, 5.74) is 2.59. The SMILES string of the molecule is Cc1cc2c(cc1CCCCCO)OCCO2. The Bertz CT molecular complexity index is 374. The quantitative estimate of drug-likeness (QED) is 0.798. The van der Waals surface area contributed by atoms with Crippen LogP contribution in [0.5, 0.6) is 11.5 Å². The second-order valence-corrected chi connectivity index (χ2v) is 4.46. The van der Waals surface area contributed by atoms with Crippen LogP contribution in [0.4, 0.5) is 0 Å². The Labute approximate surface area is 102 Å². The molecular weight excluding hydrogens is 216 g/mol. The zero-order chi connectivity index (χ0) is 12.1. The van der Waals surface area contributed by atoms with Crippen LogP contribution < -0.4 is 9.47 Å². The molecule has 1 N–H and O–H groups in total. The van der Waals surface area contributed by atoms with Crippen LogP contribution in [0.1, 0.15) is 30.4 Å². The fraction of sp³-hybridized carbons (Fsp3) is 0.571. The summed E-state index contributed by atoms with van der Waals surface area (Å²) >= 11 is 0. The van der Waals surface area contributed by atoms with Crippen molar-refractivity contribution in [3.63, 3.8) is 0 Å². The Kier molecular flexibility index (Phi) is 4.26. The highest BCUT2D eigenvalue weighted by Gasteiger charge is 2.13. The summed E-state index contributed by atoms with van der Waals surface area (Å²) in [6, 6.07) is 4.17. The third kappa shape index (κ3) is 3.13. The molecule has 0 spiro atoms. The molecule has 0 radical (unpaired) electrons. The molecule has 0 fully saturated rings. The third-order valence-corrected chi connectivity index (χ3v) is 3.10. The maximum Gasteiger partial charge on any atom is 0.161 e. The third-order valence-electron chi connectivity index (χ3n) is 3.10. The molecule has 0 saturated carbocycles. The van der Waals surface area contributed by atoms with Gasteiger partial charge in [0.15, 0.2) is 11.5 Å². The van der Waals surface area contributed by atoms with Crippen molar-refractivity contribution in [2.75, 3.05) is 19.8 Å². The first-order valence-electron chi connectivity index (χ1n) is 6.31. The molecule has 1 aromatic rings. The van der Waals surface area contributed by atoms with E-state index < -0.39 is 0 Å². The summed E-state index contributed by atoms with van der Waals surface area (Å²) in [7, 11) is 0. The van der Waals surface area contributed by atoms with Crippen molar-refractivity contribution in [1.29, 1.82) is 0 Å². The minimum absolute atomic E-state index is 0.292. The Balaban J connectivity index is 2.01. The van der Waals surface area contributed by atoms with E-state index in [1.807, 2.05) is 0 Å². The van der Waals surface area contributed by atoms with E-state index in [0.29, 0.717) is 19.8 Å². The lowest BCUT2D eigenvalue weighted by Crippen LogP contribution is -2.15. The average Bonchev–Trinajstić information content (AvgIpc) is 2.35. The fourth-order valence-corrected chi connectivity index (χ4v) is 2.11. The molecule has 1 heterocycles. The van der Waals surface area contributed by atoms with E-state index in [2.05, 4.69) is 19.1 Å². The van der Waals surface area contributed by atoms with Gasteiger partial charge in [-0.1, -0.05) is 6.42 Å². The van der Waals surface area contributed by atoms with Crippen LogP contribution in [0.3, 0.4) is 0 Å². The monoisotopic (exact) mass is 236 g/mol. The number of aliphatic hydroxyl groups is 1.